The van der Waals surface area contributed by atoms with E-state index in [0.29, 0.717) is 19.1 Å². The first-order valence-electron chi connectivity index (χ1n) is 6.66. The van der Waals surface area contributed by atoms with Crippen LogP contribution in [-0.4, -0.2) is 30.1 Å². The van der Waals surface area contributed by atoms with Crippen LogP contribution in [0.1, 0.15) is 45.4 Å². The fourth-order valence-corrected chi connectivity index (χ4v) is 2.88. The van der Waals surface area contributed by atoms with Gasteiger partial charge in [-0.2, -0.15) is 0 Å². The lowest BCUT2D eigenvalue weighted by Gasteiger charge is -2.25. The third-order valence-electron chi connectivity index (χ3n) is 3.86. The monoisotopic (exact) mass is 239 g/mol. The van der Waals surface area contributed by atoms with Gasteiger partial charge in [-0.15, -0.1) is 0 Å². The summed E-state index contributed by atoms with van der Waals surface area (Å²) < 4.78 is 4.79. The average molecular weight is 239 g/mol. The molecular formula is C13H21NO3. The number of ether oxygens (including phenoxy) is 1. The SMILES string of the molecule is CC(CC1CCCCC1)C(=O)N1CCOC1=O. The summed E-state index contributed by atoms with van der Waals surface area (Å²) in [7, 11) is 0. The topological polar surface area (TPSA) is 46.6 Å². The molecule has 0 aromatic heterocycles. The van der Waals surface area contributed by atoms with Gasteiger partial charge in [0.15, 0.2) is 0 Å². The van der Waals surface area contributed by atoms with Gasteiger partial charge in [-0.1, -0.05) is 39.0 Å². The number of amides is 2. The molecule has 2 fully saturated rings. The minimum atomic E-state index is -0.467. The first kappa shape index (κ1) is 12.4. The van der Waals surface area contributed by atoms with Gasteiger partial charge in [-0.3, -0.25) is 4.79 Å². The predicted octanol–water partition coefficient (Wildman–Crippen LogP) is 2.57. The largest absolute Gasteiger partial charge is 0.447 e. The molecule has 1 aliphatic carbocycles. The molecule has 2 amide bonds. The molecular weight excluding hydrogens is 218 g/mol. The maximum absolute atomic E-state index is 12.1. The Morgan fingerprint density at radius 1 is 1.41 bits per heavy atom. The fraction of sp³-hybridized carbons (Fsp3) is 0.846. The van der Waals surface area contributed by atoms with E-state index >= 15 is 0 Å². The Labute approximate surface area is 102 Å². The first-order chi connectivity index (χ1) is 8.18. The summed E-state index contributed by atoms with van der Waals surface area (Å²) in [6, 6.07) is 0. The van der Waals surface area contributed by atoms with Crippen LogP contribution in [0.2, 0.25) is 0 Å². The van der Waals surface area contributed by atoms with Gasteiger partial charge in [0.25, 0.3) is 0 Å². The van der Waals surface area contributed by atoms with Gasteiger partial charge in [0, 0.05) is 5.92 Å². The molecule has 1 saturated heterocycles. The quantitative estimate of drug-likeness (QED) is 0.760. The summed E-state index contributed by atoms with van der Waals surface area (Å²) in [5, 5.41) is 0. The Hall–Kier alpha value is -1.06. The van der Waals surface area contributed by atoms with Gasteiger partial charge >= 0.3 is 6.09 Å². The van der Waals surface area contributed by atoms with Crippen LogP contribution in [0.4, 0.5) is 4.79 Å². The van der Waals surface area contributed by atoms with Crippen molar-refractivity contribution in [2.45, 2.75) is 45.4 Å². The number of nitrogens with zero attached hydrogens (tertiary/aromatic N) is 1. The molecule has 1 saturated carbocycles. The Balaban J connectivity index is 1.83. The van der Waals surface area contributed by atoms with E-state index in [-0.39, 0.29) is 11.8 Å². The van der Waals surface area contributed by atoms with Crippen molar-refractivity contribution in [1.82, 2.24) is 4.90 Å². The molecule has 0 aromatic carbocycles. The second-order valence-corrected chi connectivity index (χ2v) is 5.25. The van der Waals surface area contributed by atoms with E-state index in [2.05, 4.69) is 0 Å². The van der Waals surface area contributed by atoms with E-state index in [1.54, 1.807) is 0 Å². The average Bonchev–Trinajstić information content (AvgIpc) is 2.76. The minimum absolute atomic E-state index is 0.0521. The molecule has 96 valence electrons. The van der Waals surface area contributed by atoms with Gasteiger partial charge in [-0.05, 0) is 12.3 Å². The van der Waals surface area contributed by atoms with Crippen molar-refractivity contribution < 1.29 is 14.3 Å². The third kappa shape index (κ3) is 2.99. The molecule has 2 aliphatic rings. The summed E-state index contributed by atoms with van der Waals surface area (Å²) in [5.41, 5.74) is 0. The zero-order valence-corrected chi connectivity index (χ0v) is 10.5. The van der Waals surface area contributed by atoms with Gasteiger partial charge < -0.3 is 4.74 Å². The molecule has 0 aromatic rings. The molecule has 17 heavy (non-hydrogen) atoms. The van der Waals surface area contributed by atoms with Gasteiger partial charge in [0.1, 0.15) is 6.61 Å². The Bertz CT molecular complexity index is 297. The Morgan fingerprint density at radius 2 is 2.12 bits per heavy atom. The number of carbonyl (C=O) groups is 2. The van der Waals surface area contributed by atoms with Crippen molar-refractivity contribution >= 4 is 12.0 Å². The molecule has 2 rings (SSSR count). The van der Waals surface area contributed by atoms with Crippen molar-refractivity contribution in [3.05, 3.63) is 0 Å². The van der Waals surface area contributed by atoms with E-state index in [1.807, 2.05) is 6.92 Å². The van der Waals surface area contributed by atoms with Crippen LogP contribution in [0.25, 0.3) is 0 Å². The maximum Gasteiger partial charge on any atom is 0.416 e. The van der Waals surface area contributed by atoms with Crippen molar-refractivity contribution in [3.63, 3.8) is 0 Å². The molecule has 0 bridgehead atoms. The molecule has 4 nitrogen and oxygen atoms in total. The van der Waals surface area contributed by atoms with Gasteiger partial charge in [0.05, 0.1) is 6.54 Å². The maximum atomic E-state index is 12.1. The van der Waals surface area contributed by atoms with Crippen molar-refractivity contribution in [3.8, 4) is 0 Å². The number of cyclic esters (lactones) is 1. The van der Waals surface area contributed by atoms with Crippen LogP contribution < -0.4 is 0 Å². The summed E-state index contributed by atoms with van der Waals surface area (Å²) in [5.74, 6) is 0.558. The van der Waals surface area contributed by atoms with Gasteiger partial charge in [0.2, 0.25) is 5.91 Å². The van der Waals surface area contributed by atoms with Crippen LogP contribution in [0.3, 0.4) is 0 Å². The van der Waals surface area contributed by atoms with Crippen LogP contribution >= 0.6 is 0 Å². The molecule has 0 spiro atoms. The third-order valence-corrected chi connectivity index (χ3v) is 3.86. The van der Waals surface area contributed by atoms with E-state index in [4.69, 9.17) is 4.74 Å². The van der Waals surface area contributed by atoms with Gasteiger partial charge in [-0.25, -0.2) is 9.69 Å². The Morgan fingerprint density at radius 3 is 2.71 bits per heavy atom. The molecule has 1 heterocycles. The highest BCUT2D eigenvalue weighted by Gasteiger charge is 2.32. The molecule has 0 radical (unpaired) electrons. The van der Waals surface area contributed by atoms with Crippen molar-refractivity contribution in [1.29, 1.82) is 0 Å². The minimum Gasteiger partial charge on any atom is -0.447 e. The highest BCUT2D eigenvalue weighted by molar-refractivity contribution is 5.94. The summed E-state index contributed by atoms with van der Waals surface area (Å²) in [6.45, 7) is 2.70. The standard InChI is InChI=1S/C13H21NO3/c1-10(9-11-5-3-2-4-6-11)12(15)14-7-8-17-13(14)16/h10-11H,2-9H2,1H3. The smallest absolute Gasteiger partial charge is 0.416 e. The first-order valence-corrected chi connectivity index (χ1v) is 6.66. The van der Waals surface area contributed by atoms with Crippen LogP contribution in [0.15, 0.2) is 0 Å². The van der Waals surface area contributed by atoms with E-state index < -0.39 is 6.09 Å². The number of hydrogen-bond acceptors (Lipinski definition) is 3. The van der Waals surface area contributed by atoms with Crippen molar-refractivity contribution in [2.75, 3.05) is 13.2 Å². The molecule has 1 atom stereocenters. The number of hydrogen-bond donors (Lipinski definition) is 0. The van der Waals surface area contributed by atoms with Crippen LogP contribution in [-0.2, 0) is 9.53 Å². The molecule has 0 N–H and O–H groups in total. The Kier molecular flexibility index (Phi) is 4.02. The summed E-state index contributed by atoms with van der Waals surface area (Å²) >= 11 is 0. The second kappa shape index (κ2) is 5.52. The van der Waals surface area contributed by atoms with Crippen molar-refractivity contribution in [2.24, 2.45) is 11.8 Å². The normalized spacial score (nSPS) is 23.6. The molecule has 1 unspecified atom stereocenters. The summed E-state index contributed by atoms with van der Waals surface area (Å²) in [4.78, 5) is 24.6. The highest BCUT2D eigenvalue weighted by atomic mass is 16.6. The zero-order valence-electron chi connectivity index (χ0n) is 10.5. The molecule has 1 aliphatic heterocycles. The van der Waals surface area contributed by atoms with Crippen LogP contribution in [0, 0.1) is 11.8 Å². The van der Waals surface area contributed by atoms with E-state index in [0.717, 1.165) is 6.42 Å². The predicted molar refractivity (Wildman–Crippen MR) is 63.4 cm³/mol. The lowest BCUT2D eigenvalue weighted by molar-refractivity contribution is -0.132. The van der Waals surface area contributed by atoms with Crippen LogP contribution in [0.5, 0.6) is 0 Å². The van der Waals surface area contributed by atoms with E-state index in [1.165, 1.54) is 37.0 Å². The zero-order chi connectivity index (χ0) is 12.3. The van der Waals surface area contributed by atoms with E-state index in [9.17, 15) is 9.59 Å². The number of carbonyl (C=O) groups excluding carboxylic acids is 2. The molecule has 4 heteroatoms. The summed E-state index contributed by atoms with van der Waals surface area (Å²) in [6.07, 6.45) is 6.84. The highest BCUT2D eigenvalue weighted by Crippen LogP contribution is 2.29. The number of imide groups is 1. The second-order valence-electron chi connectivity index (χ2n) is 5.25. The lowest BCUT2D eigenvalue weighted by Crippen LogP contribution is -2.36. The lowest BCUT2D eigenvalue weighted by atomic mass is 9.83. The number of rotatable bonds is 3. The fourth-order valence-electron chi connectivity index (χ4n) is 2.88.